The average molecular weight is 708 g/mol. The highest BCUT2D eigenvalue weighted by molar-refractivity contribution is 5.97. The summed E-state index contributed by atoms with van der Waals surface area (Å²) in [5.74, 6) is -1.99. The van der Waals surface area contributed by atoms with Crippen LogP contribution in [-0.2, 0) is 17.1 Å². The molecule has 268 valence electrons. The molecule has 10 nitrogen and oxygen atoms in total. The lowest BCUT2D eigenvalue weighted by Gasteiger charge is -2.50. The van der Waals surface area contributed by atoms with Crippen LogP contribution in [0.3, 0.4) is 0 Å². The zero-order valence-corrected chi connectivity index (χ0v) is 27.0. The monoisotopic (exact) mass is 707 g/mol. The summed E-state index contributed by atoms with van der Waals surface area (Å²) in [4.78, 5) is 50.6. The van der Waals surface area contributed by atoms with E-state index in [1.165, 1.54) is 28.1 Å². The van der Waals surface area contributed by atoms with Gasteiger partial charge in [0.1, 0.15) is 11.9 Å². The van der Waals surface area contributed by atoms with Gasteiger partial charge in [0, 0.05) is 63.6 Å². The van der Waals surface area contributed by atoms with Gasteiger partial charge in [0.05, 0.1) is 28.3 Å². The first-order chi connectivity index (χ1) is 23.6. The highest BCUT2D eigenvalue weighted by Gasteiger charge is 2.56. The van der Waals surface area contributed by atoms with E-state index in [0.717, 1.165) is 36.7 Å². The zero-order valence-electron chi connectivity index (χ0n) is 27.0. The van der Waals surface area contributed by atoms with Crippen molar-refractivity contribution < 1.29 is 50.2 Å². The Balaban J connectivity index is 1.46. The molecule has 50 heavy (non-hydrogen) atoms. The van der Waals surface area contributed by atoms with Crippen LogP contribution in [-0.4, -0.2) is 74.9 Å². The fourth-order valence-corrected chi connectivity index (χ4v) is 6.50. The molecule has 16 heteroatoms. The van der Waals surface area contributed by atoms with Gasteiger partial charge in [-0.25, -0.2) is 4.98 Å². The van der Waals surface area contributed by atoms with Crippen LogP contribution in [0.5, 0.6) is 11.6 Å². The van der Waals surface area contributed by atoms with Gasteiger partial charge in [-0.15, -0.1) is 0 Å². The number of aromatic nitrogens is 2. The number of halogens is 6. The van der Waals surface area contributed by atoms with Crippen LogP contribution < -0.4 is 15.2 Å². The third-order valence-electron chi connectivity index (χ3n) is 8.92. The molecule has 5 rings (SSSR count). The number of nitrogens with two attached hydrogens (primary N) is 1. The molecule has 2 aliphatic heterocycles. The van der Waals surface area contributed by atoms with Gasteiger partial charge in [-0.2, -0.15) is 26.3 Å². The molecule has 0 radical (unpaired) electrons. The maximum absolute atomic E-state index is 14.7. The molecule has 0 saturated carbocycles. The predicted octanol–water partition coefficient (Wildman–Crippen LogP) is 5.91. The van der Waals surface area contributed by atoms with Gasteiger partial charge in [0.15, 0.2) is 0 Å². The van der Waals surface area contributed by atoms with E-state index in [4.69, 9.17) is 15.2 Å². The normalized spacial score (nSPS) is 20.3. The summed E-state index contributed by atoms with van der Waals surface area (Å²) in [6.07, 6.45) is -5.34. The zero-order chi connectivity index (χ0) is 36.3. The lowest BCUT2D eigenvalue weighted by Crippen LogP contribution is -2.68. The second-order valence-electron chi connectivity index (χ2n) is 12.2. The summed E-state index contributed by atoms with van der Waals surface area (Å²) in [7, 11) is 0. The number of likely N-dealkylation sites (tertiary alicyclic amines) is 2. The van der Waals surface area contributed by atoms with Gasteiger partial charge in [0.2, 0.25) is 17.4 Å². The Labute approximate surface area is 283 Å². The molecule has 4 heterocycles. The molecule has 2 aliphatic rings. The third kappa shape index (κ3) is 7.78. The minimum absolute atomic E-state index is 0.0125. The standard InChI is InChI=1S/C34H35F6N5O5/c1-2-4-27-32(50-24-8-6-22(7-9-24)33(35,36)37,14-3-16-45(27)30(47)25-20-42-15-11-26(25)34(38,39)40)31(48)44-17-12-23(13-18-44)49-28-10-5-21(19-43-28)29(41)46/h5-11,15,19-20,23,27H,2-4,12-14,16-18H2,1H3,(H2,41,46)/t27-,32+/m1/s1. The van der Waals surface area contributed by atoms with Crippen LogP contribution in [0.4, 0.5) is 26.3 Å². The molecule has 3 amide bonds. The van der Waals surface area contributed by atoms with Gasteiger partial charge >= 0.3 is 12.4 Å². The molecule has 0 aliphatic carbocycles. The summed E-state index contributed by atoms with van der Waals surface area (Å²) in [5, 5.41) is 0. The molecule has 2 saturated heterocycles. The first-order valence-corrected chi connectivity index (χ1v) is 16.0. The number of amides is 3. The number of primary amides is 1. The molecule has 1 aromatic carbocycles. The number of hydrogen-bond acceptors (Lipinski definition) is 7. The summed E-state index contributed by atoms with van der Waals surface area (Å²) in [6.45, 7) is 2.14. The van der Waals surface area contributed by atoms with Gasteiger partial charge in [0.25, 0.3) is 11.8 Å². The van der Waals surface area contributed by atoms with E-state index in [1.54, 1.807) is 6.92 Å². The van der Waals surface area contributed by atoms with Crippen molar-refractivity contribution in [2.45, 2.75) is 75.5 Å². The van der Waals surface area contributed by atoms with Crippen molar-refractivity contribution >= 4 is 17.7 Å². The Morgan fingerprint density at radius 1 is 0.940 bits per heavy atom. The number of carbonyl (C=O) groups is 3. The summed E-state index contributed by atoms with van der Waals surface area (Å²) >= 11 is 0. The minimum atomic E-state index is -4.86. The molecule has 3 aromatic rings. The number of nitrogens with zero attached hydrogens (tertiary/aromatic N) is 4. The Morgan fingerprint density at radius 3 is 2.22 bits per heavy atom. The van der Waals surface area contributed by atoms with E-state index in [9.17, 15) is 40.7 Å². The van der Waals surface area contributed by atoms with Crippen LogP contribution >= 0.6 is 0 Å². The summed E-state index contributed by atoms with van der Waals surface area (Å²) in [5.41, 5.74) is 0.819. The second kappa shape index (κ2) is 14.5. The van der Waals surface area contributed by atoms with E-state index in [0.29, 0.717) is 25.3 Å². The fraction of sp³-hybridized carbons (Fsp3) is 0.441. The Hall–Kier alpha value is -4.89. The van der Waals surface area contributed by atoms with E-state index in [-0.39, 0.29) is 62.2 Å². The van der Waals surface area contributed by atoms with Crippen molar-refractivity contribution in [2.24, 2.45) is 5.73 Å². The Kier molecular flexibility index (Phi) is 10.6. The van der Waals surface area contributed by atoms with Crippen molar-refractivity contribution in [1.82, 2.24) is 19.8 Å². The van der Waals surface area contributed by atoms with Crippen molar-refractivity contribution in [1.29, 1.82) is 0 Å². The third-order valence-corrected chi connectivity index (χ3v) is 8.92. The minimum Gasteiger partial charge on any atom is -0.475 e. The number of pyridine rings is 2. The first-order valence-electron chi connectivity index (χ1n) is 16.0. The molecule has 0 spiro atoms. The first kappa shape index (κ1) is 36.4. The van der Waals surface area contributed by atoms with Crippen molar-refractivity contribution in [3.05, 3.63) is 83.3 Å². The lowest BCUT2D eigenvalue weighted by molar-refractivity contribution is -0.161. The number of carbonyl (C=O) groups excluding carboxylic acids is 3. The molecule has 0 bridgehead atoms. The number of hydrogen-bond donors (Lipinski definition) is 1. The fourth-order valence-electron chi connectivity index (χ4n) is 6.50. The number of benzene rings is 1. The van der Waals surface area contributed by atoms with Gasteiger partial charge in [-0.05, 0) is 49.2 Å². The van der Waals surface area contributed by atoms with Crippen LogP contribution in [0.2, 0.25) is 0 Å². The molecule has 2 aromatic heterocycles. The largest absolute Gasteiger partial charge is 0.475 e. The van der Waals surface area contributed by atoms with E-state index >= 15 is 0 Å². The van der Waals surface area contributed by atoms with Crippen LogP contribution in [0.1, 0.15) is 77.3 Å². The lowest BCUT2D eigenvalue weighted by atomic mass is 9.79. The SMILES string of the molecule is CCC[C@H]1N(C(=O)c2cnccc2C(F)(F)F)CCC[C@@]1(Oc1ccc(C(F)(F)F)cc1)C(=O)N1CCC(Oc2ccc(C(N)=O)cn2)CC1. The van der Waals surface area contributed by atoms with Crippen molar-refractivity contribution in [3.63, 3.8) is 0 Å². The molecule has 2 fully saturated rings. The number of piperidine rings is 2. The van der Waals surface area contributed by atoms with E-state index < -0.39 is 58.4 Å². The molecular weight excluding hydrogens is 672 g/mol. The maximum atomic E-state index is 14.7. The summed E-state index contributed by atoms with van der Waals surface area (Å²) in [6, 6.07) is 6.39. The van der Waals surface area contributed by atoms with Crippen LogP contribution in [0.25, 0.3) is 0 Å². The average Bonchev–Trinajstić information content (AvgIpc) is 3.08. The van der Waals surface area contributed by atoms with Crippen molar-refractivity contribution in [3.8, 4) is 11.6 Å². The molecular formula is C34H35F6N5O5. The molecule has 2 N–H and O–H groups in total. The van der Waals surface area contributed by atoms with Crippen LogP contribution in [0, 0.1) is 0 Å². The number of alkyl halides is 6. The smallest absolute Gasteiger partial charge is 0.417 e. The van der Waals surface area contributed by atoms with Gasteiger partial charge < -0.3 is 25.0 Å². The highest BCUT2D eigenvalue weighted by Crippen LogP contribution is 2.41. The topological polar surface area (TPSA) is 128 Å². The quantitative estimate of drug-likeness (QED) is 0.274. The molecule has 0 unspecified atom stereocenters. The summed E-state index contributed by atoms with van der Waals surface area (Å²) < 4.78 is 94.3. The van der Waals surface area contributed by atoms with Crippen molar-refractivity contribution in [2.75, 3.05) is 19.6 Å². The van der Waals surface area contributed by atoms with Gasteiger partial charge in [-0.1, -0.05) is 13.3 Å². The highest BCUT2D eigenvalue weighted by atomic mass is 19.4. The number of ether oxygens (including phenoxy) is 2. The van der Waals surface area contributed by atoms with Gasteiger partial charge in [-0.3, -0.25) is 19.4 Å². The van der Waals surface area contributed by atoms with E-state index in [1.807, 2.05) is 0 Å². The maximum Gasteiger partial charge on any atom is 0.417 e. The van der Waals surface area contributed by atoms with E-state index in [2.05, 4.69) is 9.97 Å². The second-order valence-corrected chi connectivity index (χ2v) is 12.2. The predicted molar refractivity (Wildman–Crippen MR) is 166 cm³/mol. The Morgan fingerprint density at radius 2 is 1.64 bits per heavy atom. The van der Waals surface area contributed by atoms with Crippen LogP contribution in [0.15, 0.2) is 61.1 Å². The molecule has 2 atom stereocenters. The number of rotatable bonds is 9. The Bertz CT molecular complexity index is 1680.